The van der Waals surface area contributed by atoms with E-state index >= 15 is 0 Å². The first-order valence-electron chi connectivity index (χ1n) is 7.02. The van der Waals surface area contributed by atoms with Crippen LogP contribution in [-0.2, 0) is 6.42 Å². The third kappa shape index (κ3) is 4.44. The molecular formula is C14H21N7O. The SMILES string of the molecule is Cc1cc(C[C@H](C)NC(=O)Nc2cnc(N(C)C)nc2)n[nH]1. The van der Waals surface area contributed by atoms with Crippen molar-refractivity contribution >= 4 is 17.7 Å². The number of H-pyrrole nitrogens is 1. The Morgan fingerprint density at radius 1 is 1.36 bits per heavy atom. The summed E-state index contributed by atoms with van der Waals surface area (Å²) in [6.07, 6.45) is 3.81. The van der Waals surface area contributed by atoms with Gasteiger partial charge in [-0.05, 0) is 19.9 Å². The van der Waals surface area contributed by atoms with Gasteiger partial charge in [0, 0.05) is 32.3 Å². The van der Waals surface area contributed by atoms with E-state index in [0.29, 0.717) is 18.1 Å². The molecule has 0 aliphatic carbocycles. The van der Waals surface area contributed by atoms with Crippen LogP contribution in [0.25, 0.3) is 0 Å². The summed E-state index contributed by atoms with van der Waals surface area (Å²) in [5, 5.41) is 12.6. The van der Waals surface area contributed by atoms with E-state index in [9.17, 15) is 4.79 Å². The second kappa shape index (κ2) is 6.88. The number of aryl methyl sites for hydroxylation is 1. The summed E-state index contributed by atoms with van der Waals surface area (Å²) in [5.74, 6) is 0.591. The highest BCUT2D eigenvalue weighted by Crippen LogP contribution is 2.07. The third-order valence-corrected chi connectivity index (χ3v) is 2.95. The highest BCUT2D eigenvalue weighted by atomic mass is 16.2. The third-order valence-electron chi connectivity index (χ3n) is 2.95. The Labute approximate surface area is 129 Å². The largest absolute Gasteiger partial charge is 0.347 e. The number of urea groups is 1. The van der Waals surface area contributed by atoms with Gasteiger partial charge >= 0.3 is 6.03 Å². The molecule has 0 aliphatic heterocycles. The quantitative estimate of drug-likeness (QED) is 0.774. The maximum atomic E-state index is 11.9. The summed E-state index contributed by atoms with van der Waals surface area (Å²) in [5.41, 5.74) is 2.47. The van der Waals surface area contributed by atoms with Crippen molar-refractivity contribution in [3.05, 3.63) is 29.8 Å². The van der Waals surface area contributed by atoms with Gasteiger partial charge in [0.2, 0.25) is 5.95 Å². The molecular weight excluding hydrogens is 282 g/mol. The van der Waals surface area contributed by atoms with Crippen molar-refractivity contribution in [2.45, 2.75) is 26.3 Å². The summed E-state index contributed by atoms with van der Waals surface area (Å²) in [6.45, 7) is 3.87. The standard InChI is InChI=1S/C14H21N7O/c1-9(5-11-6-10(2)19-20-11)17-14(22)18-12-7-15-13(16-8-12)21(3)4/h6-9H,5H2,1-4H3,(H,19,20)(H2,17,18,22)/t9-/m0/s1. The van der Waals surface area contributed by atoms with Crippen LogP contribution < -0.4 is 15.5 Å². The molecule has 0 unspecified atom stereocenters. The minimum atomic E-state index is -0.291. The van der Waals surface area contributed by atoms with E-state index in [4.69, 9.17) is 0 Å². The number of hydrogen-bond donors (Lipinski definition) is 3. The lowest BCUT2D eigenvalue weighted by molar-refractivity contribution is 0.249. The Bertz CT molecular complexity index is 620. The van der Waals surface area contributed by atoms with Crippen molar-refractivity contribution in [2.24, 2.45) is 0 Å². The number of carbonyl (C=O) groups excluding carboxylic acids is 1. The number of aromatic nitrogens is 4. The van der Waals surface area contributed by atoms with Gasteiger partial charge in [0.25, 0.3) is 0 Å². The first kappa shape index (κ1) is 15.7. The molecule has 0 saturated carbocycles. The number of carbonyl (C=O) groups is 1. The molecule has 8 heteroatoms. The molecule has 3 N–H and O–H groups in total. The lowest BCUT2D eigenvalue weighted by atomic mass is 10.2. The molecule has 0 aromatic carbocycles. The van der Waals surface area contributed by atoms with Gasteiger partial charge in [0.1, 0.15) is 0 Å². The van der Waals surface area contributed by atoms with Crippen LogP contribution in [0.4, 0.5) is 16.4 Å². The normalized spacial score (nSPS) is 11.8. The molecule has 118 valence electrons. The summed E-state index contributed by atoms with van der Waals surface area (Å²) in [6, 6.07) is 1.63. The summed E-state index contributed by atoms with van der Waals surface area (Å²) < 4.78 is 0. The van der Waals surface area contributed by atoms with Crippen LogP contribution in [0.1, 0.15) is 18.3 Å². The van der Waals surface area contributed by atoms with Crippen molar-refractivity contribution in [3.63, 3.8) is 0 Å². The summed E-state index contributed by atoms with van der Waals surface area (Å²) in [4.78, 5) is 22.0. The summed E-state index contributed by atoms with van der Waals surface area (Å²) >= 11 is 0. The van der Waals surface area contributed by atoms with Crippen molar-refractivity contribution in [2.75, 3.05) is 24.3 Å². The van der Waals surface area contributed by atoms with Gasteiger partial charge in [-0.1, -0.05) is 0 Å². The molecule has 0 spiro atoms. The average Bonchev–Trinajstić information content (AvgIpc) is 2.84. The molecule has 2 aromatic rings. The number of nitrogens with one attached hydrogen (secondary N) is 3. The zero-order valence-electron chi connectivity index (χ0n) is 13.2. The first-order valence-corrected chi connectivity index (χ1v) is 7.02. The number of anilines is 2. The fourth-order valence-corrected chi connectivity index (χ4v) is 1.95. The number of aromatic amines is 1. The summed E-state index contributed by atoms with van der Waals surface area (Å²) in [7, 11) is 3.71. The first-order chi connectivity index (χ1) is 10.4. The van der Waals surface area contributed by atoms with Gasteiger partial charge < -0.3 is 15.5 Å². The van der Waals surface area contributed by atoms with E-state index in [-0.39, 0.29) is 12.1 Å². The highest BCUT2D eigenvalue weighted by molar-refractivity contribution is 5.89. The van der Waals surface area contributed by atoms with Crippen molar-refractivity contribution in [1.82, 2.24) is 25.5 Å². The second-order valence-electron chi connectivity index (χ2n) is 5.41. The topological polar surface area (TPSA) is 98.8 Å². The van der Waals surface area contributed by atoms with Crippen LogP contribution in [-0.4, -0.2) is 46.3 Å². The average molecular weight is 303 g/mol. The number of nitrogens with zero attached hydrogens (tertiary/aromatic N) is 4. The lowest BCUT2D eigenvalue weighted by Gasteiger charge is -2.14. The Morgan fingerprint density at radius 3 is 2.59 bits per heavy atom. The van der Waals surface area contributed by atoms with Crippen LogP contribution in [0.3, 0.4) is 0 Å². The molecule has 0 bridgehead atoms. The van der Waals surface area contributed by atoms with E-state index in [2.05, 4.69) is 30.8 Å². The second-order valence-corrected chi connectivity index (χ2v) is 5.41. The molecule has 8 nitrogen and oxygen atoms in total. The Hall–Kier alpha value is -2.64. The number of rotatable bonds is 5. The molecule has 0 fully saturated rings. The maximum Gasteiger partial charge on any atom is 0.319 e. The zero-order chi connectivity index (χ0) is 16.1. The van der Waals surface area contributed by atoms with Crippen molar-refractivity contribution in [3.8, 4) is 0 Å². The van der Waals surface area contributed by atoms with Gasteiger partial charge in [0.15, 0.2) is 0 Å². The van der Waals surface area contributed by atoms with Crippen molar-refractivity contribution in [1.29, 1.82) is 0 Å². The predicted molar refractivity (Wildman–Crippen MR) is 85.0 cm³/mol. The lowest BCUT2D eigenvalue weighted by Crippen LogP contribution is -2.37. The number of hydrogen-bond acceptors (Lipinski definition) is 5. The number of amides is 2. The monoisotopic (exact) mass is 303 g/mol. The minimum absolute atomic E-state index is 0.0373. The molecule has 2 amide bonds. The minimum Gasteiger partial charge on any atom is -0.347 e. The fraction of sp³-hybridized carbons (Fsp3) is 0.429. The van der Waals surface area contributed by atoms with E-state index in [1.165, 1.54) is 0 Å². The van der Waals surface area contributed by atoms with E-state index in [1.54, 1.807) is 17.3 Å². The van der Waals surface area contributed by atoms with E-state index in [0.717, 1.165) is 11.4 Å². The van der Waals surface area contributed by atoms with Gasteiger partial charge in [0.05, 0.1) is 23.8 Å². The molecule has 0 aliphatic rings. The van der Waals surface area contributed by atoms with E-state index in [1.807, 2.05) is 34.0 Å². The molecule has 0 saturated heterocycles. The van der Waals surface area contributed by atoms with Gasteiger partial charge in [-0.2, -0.15) is 5.10 Å². The zero-order valence-corrected chi connectivity index (χ0v) is 13.2. The molecule has 22 heavy (non-hydrogen) atoms. The van der Waals surface area contributed by atoms with Gasteiger partial charge in [-0.25, -0.2) is 14.8 Å². The maximum absolute atomic E-state index is 11.9. The van der Waals surface area contributed by atoms with Crippen LogP contribution in [0.15, 0.2) is 18.5 Å². The molecule has 2 aromatic heterocycles. The van der Waals surface area contributed by atoms with Crippen LogP contribution >= 0.6 is 0 Å². The fourth-order valence-electron chi connectivity index (χ4n) is 1.95. The Morgan fingerprint density at radius 2 is 2.05 bits per heavy atom. The van der Waals surface area contributed by atoms with Crippen molar-refractivity contribution < 1.29 is 4.79 Å². The molecule has 2 rings (SSSR count). The van der Waals surface area contributed by atoms with Gasteiger partial charge in [-0.3, -0.25) is 5.10 Å². The Kier molecular flexibility index (Phi) is 4.92. The van der Waals surface area contributed by atoms with Gasteiger partial charge in [-0.15, -0.1) is 0 Å². The highest BCUT2D eigenvalue weighted by Gasteiger charge is 2.10. The molecule has 0 radical (unpaired) electrons. The van der Waals surface area contributed by atoms with Crippen LogP contribution in [0.5, 0.6) is 0 Å². The smallest absolute Gasteiger partial charge is 0.319 e. The Balaban J connectivity index is 1.84. The van der Waals surface area contributed by atoms with Crippen LogP contribution in [0, 0.1) is 6.92 Å². The molecule has 1 atom stereocenters. The van der Waals surface area contributed by atoms with Crippen LogP contribution in [0.2, 0.25) is 0 Å². The van der Waals surface area contributed by atoms with E-state index < -0.39 is 0 Å². The molecule has 2 heterocycles. The predicted octanol–water partition coefficient (Wildman–Crippen LogP) is 1.33.